The van der Waals surface area contributed by atoms with Crippen molar-refractivity contribution in [2.45, 2.75) is 24.9 Å². The molecule has 0 amide bonds. The lowest BCUT2D eigenvalue weighted by Crippen LogP contribution is -2.39. The van der Waals surface area contributed by atoms with Crippen LogP contribution in [0.2, 0.25) is 0 Å². The molecule has 0 unspecified atom stereocenters. The van der Waals surface area contributed by atoms with Gasteiger partial charge in [0.25, 0.3) is 0 Å². The molecule has 23 heavy (non-hydrogen) atoms. The van der Waals surface area contributed by atoms with Crippen molar-refractivity contribution in [3.05, 3.63) is 75.8 Å². The molecular formula is C18H21NO4. The van der Waals surface area contributed by atoms with Gasteiger partial charge in [-0.1, -0.05) is 48.5 Å². The third kappa shape index (κ3) is 4.29. The van der Waals surface area contributed by atoms with Crippen molar-refractivity contribution in [1.29, 1.82) is 0 Å². The highest BCUT2D eigenvalue weighted by atomic mass is 16.6. The predicted molar refractivity (Wildman–Crippen MR) is 88.4 cm³/mol. The summed E-state index contributed by atoms with van der Waals surface area (Å²) in [6.07, 6.45) is 0.324. The van der Waals surface area contributed by atoms with Crippen molar-refractivity contribution in [3.8, 4) is 5.75 Å². The first-order valence-electron chi connectivity index (χ1n) is 7.45. The van der Waals surface area contributed by atoms with Crippen LogP contribution in [0.25, 0.3) is 0 Å². The summed E-state index contributed by atoms with van der Waals surface area (Å²) < 4.78 is 5.32. The number of nitrogens with zero attached hydrogens (tertiary/aromatic N) is 1. The van der Waals surface area contributed by atoms with E-state index >= 15 is 0 Å². The summed E-state index contributed by atoms with van der Waals surface area (Å²) in [7, 11) is 1.52. The molecule has 2 aromatic carbocycles. The summed E-state index contributed by atoms with van der Waals surface area (Å²) in [6, 6.07) is 16.6. The summed E-state index contributed by atoms with van der Waals surface area (Å²) >= 11 is 0. The van der Waals surface area contributed by atoms with Gasteiger partial charge in [0, 0.05) is 16.9 Å². The number of methoxy groups -OCH3 is 1. The van der Waals surface area contributed by atoms with Crippen LogP contribution in [0.5, 0.6) is 5.75 Å². The number of ether oxygens (including phenoxy) is 1. The van der Waals surface area contributed by atoms with E-state index in [-0.39, 0.29) is 6.54 Å². The van der Waals surface area contributed by atoms with Crippen molar-refractivity contribution in [2.24, 2.45) is 0 Å². The van der Waals surface area contributed by atoms with Gasteiger partial charge >= 0.3 is 0 Å². The molecule has 0 radical (unpaired) electrons. The van der Waals surface area contributed by atoms with Crippen LogP contribution in [0, 0.1) is 10.1 Å². The molecule has 0 fully saturated rings. The first-order valence-corrected chi connectivity index (χ1v) is 7.45. The summed E-state index contributed by atoms with van der Waals surface area (Å²) in [4.78, 5) is 10.7. The summed E-state index contributed by atoms with van der Waals surface area (Å²) in [6.45, 7) is 1.28. The Bertz CT molecular complexity index is 655. The fraction of sp³-hybridized carbons (Fsp3) is 0.333. The van der Waals surface area contributed by atoms with E-state index in [0.29, 0.717) is 17.7 Å². The molecule has 5 heteroatoms. The molecule has 0 saturated carbocycles. The summed E-state index contributed by atoms with van der Waals surface area (Å²) in [5.41, 5.74) is 0.302. The van der Waals surface area contributed by atoms with Gasteiger partial charge in [0.05, 0.1) is 18.6 Å². The molecule has 0 bridgehead atoms. The Balaban J connectivity index is 2.38. The number of para-hydroxylation sites is 1. The molecule has 2 atom stereocenters. The van der Waals surface area contributed by atoms with Gasteiger partial charge in [0.1, 0.15) is 5.75 Å². The zero-order valence-electron chi connectivity index (χ0n) is 13.3. The van der Waals surface area contributed by atoms with E-state index in [9.17, 15) is 15.2 Å². The highest BCUT2D eigenvalue weighted by molar-refractivity contribution is 5.38. The second-order valence-corrected chi connectivity index (χ2v) is 5.83. The van der Waals surface area contributed by atoms with Crippen LogP contribution in [0.1, 0.15) is 24.0 Å². The fourth-order valence-electron chi connectivity index (χ4n) is 2.87. The second kappa shape index (κ2) is 7.24. The molecule has 0 aliphatic carbocycles. The zero-order valence-corrected chi connectivity index (χ0v) is 13.3. The highest BCUT2D eigenvalue weighted by Crippen LogP contribution is 2.36. The third-order valence-electron chi connectivity index (χ3n) is 4.00. The van der Waals surface area contributed by atoms with Crippen molar-refractivity contribution in [2.75, 3.05) is 13.7 Å². The van der Waals surface area contributed by atoms with E-state index in [2.05, 4.69) is 0 Å². The molecule has 0 aliphatic heterocycles. The van der Waals surface area contributed by atoms with Gasteiger partial charge in [0.15, 0.2) is 0 Å². The van der Waals surface area contributed by atoms with Crippen LogP contribution in [-0.2, 0) is 6.42 Å². The number of nitro groups is 1. The Kier molecular flexibility index (Phi) is 5.34. The normalized spacial score (nSPS) is 14.7. The Morgan fingerprint density at radius 3 is 2.39 bits per heavy atom. The number of rotatable bonds is 7. The molecule has 0 aromatic heterocycles. The molecule has 1 N–H and O–H groups in total. The van der Waals surface area contributed by atoms with E-state index in [0.717, 1.165) is 5.56 Å². The average molecular weight is 315 g/mol. The maximum Gasteiger partial charge on any atom is 0.213 e. The lowest BCUT2D eigenvalue weighted by molar-refractivity contribution is -0.487. The standard InChI is InChI=1S/C18H21NO4/c1-18(20,12-14-8-4-3-5-9-14)16(13-19(21)22)15-10-6-7-11-17(15)23-2/h3-11,16,20H,12-13H2,1-2H3/t16-,18-/m1/s1. The van der Waals surface area contributed by atoms with Gasteiger partial charge in [0.2, 0.25) is 6.54 Å². The van der Waals surface area contributed by atoms with Crippen molar-refractivity contribution in [3.63, 3.8) is 0 Å². The van der Waals surface area contributed by atoms with Crippen molar-refractivity contribution < 1.29 is 14.8 Å². The largest absolute Gasteiger partial charge is 0.496 e. The minimum Gasteiger partial charge on any atom is -0.496 e. The van der Waals surface area contributed by atoms with E-state index < -0.39 is 16.4 Å². The number of aliphatic hydroxyl groups is 1. The maximum absolute atomic E-state index is 11.1. The van der Waals surface area contributed by atoms with Crippen molar-refractivity contribution in [1.82, 2.24) is 0 Å². The lowest BCUT2D eigenvalue weighted by Gasteiger charge is -2.31. The zero-order chi connectivity index (χ0) is 16.9. The third-order valence-corrected chi connectivity index (χ3v) is 4.00. The van der Waals surface area contributed by atoms with Crippen LogP contribution in [0.4, 0.5) is 0 Å². The Hall–Kier alpha value is -2.40. The van der Waals surface area contributed by atoms with Crippen molar-refractivity contribution >= 4 is 0 Å². The van der Waals surface area contributed by atoms with Crippen LogP contribution in [0.15, 0.2) is 54.6 Å². The van der Waals surface area contributed by atoms with Crippen LogP contribution in [-0.4, -0.2) is 29.3 Å². The minimum atomic E-state index is -1.27. The average Bonchev–Trinajstić information content (AvgIpc) is 2.53. The minimum absolute atomic E-state index is 0.324. The molecule has 0 heterocycles. The van der Waals surface area contributed by atoms with Crippen LogP contribution < -0.4 is 4.74 Å². The van der Waals surface area contributed by atoms with Crippen LogP contribution in [0.3, 0.4) is 0 Å². The summed E-state index contributed by atoms with van der Waals surface area (Å²) in [5, 5.41) is 22.1. The van der Waals surface area contributed by atoms with Crippen LogP contribution >= 0.6 is 0 Å². The van der Waals surface area contributed by atoms with Gasteiger partial charge in [-0.3, -0.25) is 10.1 Å². The number of benzene rings is 2. The molecule has 5 nitrogen and oxygen atoms in total. The molecule has 2 aromatic rings. The Morgan fingerprint density at radius 2 is 1.78 bits per heavy atom. The smallest absolute Gasteiger partial charge is 0.213 e. The first-order chi connectivity index (χ1) is 10.9. The van der Waals surface area contributed by atoms with Gasteiger partial charge in [-0.05, 0) is 18.6 Å². The van der Waals surface area contributed by atoms with E-state index in [1.54, 1.807) is 31.2 Å². The Morgan fingerprint density at radius 1 is 1.17 bits per heavy atom. The Labute approximate surface area is 135 Å². The van der Waals surface area contributed by atoms with Gasteiger partial charge in [-0.15, -0.1) is 0 Å². The maximum atomic E-state index is 11.1. The van der Waals surface area contributed by atoms with Gasteiger partial charge < -0.3 is 9.84 Å². The first kappa shape index (κ1) is 17.0. The number of hydrogen-bond donors (Lipinski definition) is 1. The second-order valence-electron chi connectivity index (χ2n) is 5.83. The highest BCUT2D eigenvalue weighted by Gasteiger charge is 2.38. The molecule has 122 valence electrons. The van der Waals surface area contributed by atoms with E-state index in [1.807, 2.05) is 30.3 Å². The quantitative estimate of drug-likeness (QED) is 0.629. The summed E-state index contributed by atoms with van der Waals surface area (Å²) in [5.74, 6) is -0.124. The molecule has 0 aliphatic rings. The molecule has 0 spiro atoms. The predicted octanol–water partition coefficient (Wildman–Crippen LogP) is 3.05. The van der Waals surface area contributed by atoms with Gasteiger partial charge in [-0.2, -0.15) is 0 Å². The molecular weight excluding hydrogens is 294 g/mol. The number of hydrogen-bond acceptors (Lipinski definition) is 4. The fourth-order valence-corrected chi connectivity index (χ4v) is 2.87. The van der Waals surface area contributed by atoms with E-state index in [1.165, 1.54) is 7.11 Å². The monoisotopic (exact) mass is 315 g/mol. The topological polar surface area (TPSA) is 72.6 Å². The SMILES string of the molecule is COc1ccccc1[C@@H](C[N+](=O)[O-])[C@](C)(O)Cc1ccccc1. The lowest BCUT2D eigenvalue weighted by atomic mass is 9.79. The molecule has 0 saturated heterocycles. The van der Waals surface area contributed by atoms with Gasteiger partial charge in [-0.25, -0.2) is 0 Å². The van der Waals surface area contributed by atoms with E-state index in [4.69, 9.17) is 4.74 Å². The molecule has 2 rings (SSSR count).